The van der Waals surface area contributed by atoms with Crippen molar-refractivity contribution in [3.05, 3.63) is 63.6 Å². The van der Waals surface area contributed by atoms with Crippen molar-refractivity contribution in [2.75, 3.05) is 5.32 Å². The van der Waals surface area contributed by atoms with Gasteiger partial charge in [-0.05, 0) is 42.8 Å². The van der Waals surface area contributed by atoms with E-state index in [9.17, 15) is 9.59 Å². The number of rotatable bonds is 5. The Bertz CT molecular complexity index is 727. The molecule has 5 nitrogen and oxygen atoms in total. The van der Waals surface area contributed by atoms with Gasteiger partial charge in [-0.25, -0.2) is 4.79 Å². The van der Waals surface area contributed by atoms with Crippen LogP contribution in [0.25, 0.3) is 0 Å². The van der Waals surface area contributed by atoms with Gasteiger partial charge >= 0.3 is 5.97 Å². The van der Waals surface area contributed by atoms with E-state index in [0.717, 1.165) is 0 Å². The number of halogens is 2. The first kappa shape index (κ1) is 18.3. The van der Waals surface area contributed by atoms with E-state index in [2.05, 4.69) is 5.32 Å². The lowest BCUT2D eigenvalue weighted by Gasteiger charge is -2.14. The normalized spacial score (nSPS) is 11.7. The molecule has 0 radical (unpaired) electrons. The molecule has 1 amide bonds. The van der Waals surface area contributed by atoms with Crippen molar-refractivity contribution in [2.24, 2.45) is 0 Å². The topological polar surface area (TPSA) is 75.6 Å². The average molecular weight is 368 g/mol. The number of anilines is 1. The molecule has 0 unspecified atom stereocenters. The van der Waals surface area contributed by atoms with Crippen LogP contribution < -0.4 is 5.32 Å². The zero-order chi connectivity index (χ0) is 17.7. The average Bonchev–Trinajstić information content (AvgIpc) is 2.53. The van der Waals surface area contributed by atoms with E-state index >= 15 is 0 Å². The van der Waals surface area contributed by atoms with Gasteiger partial charge in [-0.3, -0.25) is 4.79 Å². The van der Waals surface area contributed by atoms with Crippen LogP contribution in [-0.2, 0) is 16.1 Å². The molecule has 7 heteroatoms. The highest BCUT2D eigenvalue weighted by molar-refractivity contribution is 6.35. The van der Waals surface area contributed by atoms with E-state index in [-0.39, 0.29) is 12.2 Å². The lowest BCUT2D eigenvalue weighted by Crippen LogP contribution is -2.30. The Morgan fingerprint density at radius 2 is 1.71 bits per heavy atom. The van der Waals surface area contributed by atoms with Crippen LogP contribution in [0.3, 0.4) is 0 Å². The van der Waals surface area contributed by atoms with Crippen LogP contribution in [0.5, 0.6) is 0 Å². The summed E-state index contributed by atoms with van der Waals surface area (Å²) in [5.41, 5.74) is 1.38. The van der Waals surface area contributed by atoms with Crippen LogP contribution in [0.2, 0.25) is 10.0 Å². The molecule has 0 heterocycles. The molecular formula is C17H15Cl2NO4. The number of amides is 1. The molecule has 126 valence electrons. The number of hydrogen-bond acceptors (Lipinski definition) is 4. The summed E-state index contributed by atoms with van der Waals surface area (Å²) < 4.78 is 5.12. The molecule has 0 aliphatic rings. The van der Waals surface area contributed by atoms with Crippen molar-refractivity contribution < 1.29 is 19.4 Å². The molecule has 0 saturated heterocycles. The molecule has 1 atom stereocenters. The fourth-order valence-corrected chi connectivity index (χ4v) is 2.42. The maximum atomic E-state index is 12.1. The summed E-state index contributed by atoms with van der Waals surface area (Å²) >= 11 is 11.7. The monoisotopic (exact) mass is 367 g/mol. The molecule has 24 heavy (non-hydrogen) atoms. The van der Waals surface area contributed by atoms with E-state index in [1.807, 2.05) is 0 Å². The number of nitrogens with one attached hydrogen (secondary N) is 1. The summed E-state index contributed by atoms with van der Waals surface area (Å²) in [6.45, 7) is 1.35. The zero-order valence-corrected chi connectivity index (χ0v) is 14.3. The van der Waals surface area contributed by atoms with E-state index < -0.39 is 18.0 Å². The highest BCUT2D eigenvalue weighted by atomic mass is 35.5. The van der Waals surface area contributed by atoms with Gasteiger partial charge in [0.05, 0.1) is 12.2 Å². The number of ether oxygens (including phenoxy) is 1. The number of aliphatic hydroxyl groups excluding tert-OH is 1. The SMILES string of the molecule is C[C@H](OC(=O)c1ccc(CO)cc1)C(=O)Nc1cc(Cl)cc(Cl)c1. The molecule has 0 aliphatic heterocycles. The minimum Gasteiger partial charge on any atom is -0.449 e. The van der Waals surface area contributed by atoms with Crippen LogP contribution >= 0.6 is 23.2 Å². The minimum atomic E-state index is -1.01. The number of carbonyl (C=O) groups excluding carboxylic acids is 2. The summed E-state index contributed by atoms with van der Waals surface area (Å²) in [6, 6.07) is 10.9. The van der Waals surface area contributed by atoms with Gasteiger partial charge < -0.3 is 15.2 Å². The van der Waals surface area contributed by atoms with Crippen molar-refractivity contribution in [2.45, 2.75) is 19.6 Å². The van der Waals surface area contributed by atoms with Crippen LogP contribution in [0, 0.1) is 0 Å². The molecule has 0 saturated carbocycles. The largest absolute Gasteiger partial charge is 0.449 e. The summed E-state index contributed by atoms with van der Waals surface area (Å²) in [5, 5.41) is 12.3. The quantitative estimate of drug-likeness (QED) is 0.790. The smallest absolute Gasteiger partial charge is 0.338 e. The number of aliphatic hydroxyl groups is 1. The maximum Gasteiger partial charge on any atom is 0.338 e. The molecule has 0 spiro atoms. The molecule has 2 aromatic carbocycles. The standard InChI is InChI=1S/C17H15Cl2NO4/c1-10(16(22)20-15-7-13(18)6-14(19)8-15)24-17(23)12-4-2-11(9-21)3-5-12/h2-8,10,21H,9H2,1H3,(H,20,22)/t10-/m0/s1. The molecule has 0 aromatic heterocycles. The zero-order valence-electron chi connectivity index (χ0n) is 12.8. The fraction of sp³-hybridized carbons (Fsp3) is 0.176. The van der Waals surface area contributed by atoms with E-state index in [0.29, 0.717) is 21.3 Å². The Kier molecular flexibility index (Phi) is 6.20. The number of esters is 1. The molecule has 0 aliphatic carbocycles. The summed E-state index contributed by atoms with van der Waals surface area (Å²) in [4.78, 5) is 24.1. The van der Waals surface area contributed by atoms with Crippen LogP contribution in [0.4, 0.5) is 5.69 Å². The third-order valence-electron chi connectivity index (χ3n) is 3.16. The van der Waals surface area contributed by atoms with Gasteiger partial charge in [-0.2, -0.15) is 0 Å². The molecule has 2 aromatic rings. The second-order valence-electron chi connectivity index (χ2n) is 5.05. The first-order valence-electron chi connectivity index (χ1n) is 7.07. The maximum absolute atomic E-state index is 12.1. The van der Waals surface area contributed by atoms with Gasteiger partial charge in [0.25, 0.3) is 5.91 Å². The van der Waals surface area contributed by atoms with Crippen molar-refractivity contribution in [1.82, 2.24) is 0 Å². The minimum absolute atomic E-state index is 0.115. The highest BCUT2D eigenvalue weighted by Crippen LogP contribution is 2.22. The Morgan fingerprint density at radius 3 is 2.25 bits per heavy atom. The van der Waals surface area contributed by atoms with Gasteiger partial charge in [-0.1, -0.05) is 35.3 Å². The molecule has 0 bridgehead atoms. The summed E-state index contributed by atoms with van der Waals surface area (Å²) in [6.07, 6.45) is -1.01. The molecule has 2 rings (SSSR count). The van der Waals surface area contributed by atoms with Crippen molar-refractivity contribution in [1.29, 1.82) is 0 Å². The second kappa shape index (κ2) is 8.15. The molecular weight excluding hydrogens is 353 g/mol. The first-order valence-corrected chi connectivity index (χ1v) is 7.82. The second-order valence-corrected chi connectivity index (χ2v) is 5.92. The number of hydrogen-bond donors (Lipinski definition) is 2. The van der Waals surface area contributed by atoms with Crippen molar-refractivity contribution >= 4 is 40.8 Å². The third kappa shape index (κ3) is 4.96. The third-order valence-corrected chi connectivity index (χ3v) is 3.59. The van der Waals surface area contributed by atoms with Crippen LogP contribution in [-0.4, -0.2) is 23.1 Å². The fourth-order valence-electron chi connectivity index (χ4n) is 1.90. The Labute approximate surface area is 149 Å². The Morgan fingerprint density at radius 1 is 1.12 bits per heavy atom. The lowest BCUT2D eigenvalue weighted by molar-refractivity contribution is -0.123. The lowest BCUT2D eigenvalue weighted by atomic mass is 10.1. The van der Waals surface area contributed by atoms with Crippen molar-refractivity contribution in [3.63, 3.8) is 0 Å². The highest BCUT2D eigenvalue weighted by Gasteiger charge is 2.19. The van der Waals surface area contributed by atoms with Gasteiger partial charge in [0.15, 0.2) is 6.10 Å². The summed E-state index contributed by atoms with van der Waals surface area (Å²) in [7, 11) is 0. The van der Waals surface area contributed by atoms with E-state index in [4.69, 9.17) is 33.0 Å². The summed E-state index contributed by atoms with van der Waals surface area (Å²) in [5.74, 6) is -1.14. The predicted octanol–water partition coefficient (Wildman–Crippen LogP) is 3.67. The van der Waals surface area contributed by atoms with Gasteiger partial charge in [0.1, 0.15) is 0 Å². The molecule has 2 N–H and O–H groups in total. The van der Waals surface area contributed by atoms with Crippen LogP contribution in [0.1, 0.15) is 22.8 Å². The van der Waals surface area contributed by atoms with E-state index in [1.54, 1.807) is 12.1 Å². The van der Waals surface area contributed by atoms with E-state index in [1.165, 1.54) is 37.3 Å². The van der Waals surface area contributed by atoms with Gasteiger partial charge in [-0.15, -0.1) is 0 Å². The number of benzene rings is 2. The van der Waals surface area contributed by atoms with Gasteiger partial charge in [0.2, 0.25) is 0 Å². The Hall–Kier alpha value is -2.08. The number of carbonyl (C=O) groups is 2. The van der Waals surface area contributed by atoms with Gasteiger partial charge in [0, 0.05) is 15.7 Å². The van der Waals surface area contributed by atoms with Crippen LogP contribution in [0.15, 0.2) is 42.5 Å². The predicted molar refractivity (Wildman–Crippen MR) is 92.3 cm³/mol. The first-order chi connectivity index (χ1) is 11.4. The van der Waals surface area contributed by atoms with Crippen molar-refractivity contribution in [3.8, 4) is 0 Å². The molecule has 0 fully saturated rings. The Balaban J connectivity index is 1.98.